The minimum absolute atomic E-state index is 0. The fraction of sp³-hybridized carbons (Fsp3) is 0.778. The smallest absolute Gasteiger partial charge is 0.409 e. The lowest BCUT2D eigenvalue weighted by Gasteiger charge is -2.01. The van der Waals surface area contributed by atoms with Crippen molar-refractivity contribution < 1.29 is 14.3 Å². The monoisotopic (exact) mass is 217 g/mol. The van der Waals surface area contributed by atoms with Gasteiger partial charge in [0.25, 0.3) is 0 Å². The molecule has 0 aliphatic carbocycles. The molecule has 2 heterocycles. The molecule has 2 rings (SSSR count). The maximum absolute atomic E-state index is 10.4. The molecular formula is C9H19N3O3. The van der Waals surface area contributed by atoms with Gasteiger partial charge in [-0.3, -0.25) is 0 Å². The van der Waals surface area contributed by atoms with Crippen molar-refractivity contribution in [2.45, 2.75) is 7.43 Å². The van der Waals surface area contributed by atoms with Crippen LogP contribution < -0.4 is 5.32 Å². The Morgan fingerprint density at radius 2 is 1.87 bits per heavy atom. The topological polar surface area (TPSA) is 61.9 Å². The Kier molecular flexibility index (Phi) is 5.51. The Balaban J connectivity index is 0.000000245. The van der Waals surface area contributed by atoms with Gasteiger partial charge >= 0.3 is 12.1 Å². The number of urea groups is 1. The van der Waals surface area contributed by atoms with E-state index in [4.69, 9.17) is 0 Å². The van der Waals surface area contributed by atoms with Crippen molar-refractivity contribution in [2.75, 3.05) is 40.3 Å². The van der Waals surface area contributed by atoms with Crippen LogP contribution in [0.5, 0.6) is 0 Å². The molecule has 0 spiro atoms. The molecule has 6 nitrogen and oxygen atoms in total. The fourth-order valence-electron chi connectivity index (χ4n) is 1.04. The van der Waals surface area contributed by atoms with E-state index in [1.165, 1.54) is 0 Å². The zero-order chi connectivity index (χ0) is 10.6. The van der Waals surface area contributed by atoms with Crippen LogP contribution in [0.25, 0.3) is 0 Å². The number of likely N-dealkylation sites (N-methyl/N-ethyl adjacent to an activating group) is 2. The standard InChI is InChI=1S/C4H8N2O.C4H7NO2.CH4/c1-6-3-2-5-4(6)7;1-5-2-3-7-4(5)6;/h2-3H2,1H3,(H,5,7);2-3H2,1H3;1H4. The number of cyclic esters (lactones) is 1. The van der Waals surface area contributed by atoms with Crippen LogP contribution in [-0.4, -0.2) is 62.3 Å². The Labute approximate surface area is 90.2 Å². The highest BCUT2D eigenvalue weighted by Crippen LogP contribution is 1.96. The molecule has 88 valence electrons. The van der Waals surface area contributed by atoms with Crippen LogP contribution in [-0.2, 0) is 4.74 Å². The number of carbonyl (C=O) groups excluding carboxylic acids is 2. The van der Waals surface area contributed by atoms with Gasteiger partial charge in [-0.15, -0.1) is 0 Å². The fourth-order valence-corrected chi connectivity index (χ4v) is 1.04. The van der Waals surface area contributed by atoms with Crippen molar-refractivity contribution >= 4 is 12.1 Å². The van der Waals surface area contributed by atoms with Crippen molar-refractivity contribution in [2.24, 2.45) is 0 Å². The molecule has 0 atom stereocenters. The summed E-state index contributed by atoms with van der Waals surface area (Å²) in [4.78, 5) is 23.9. The SMILES string of the molecule is C.CN1CCNC1=O.CN1CCOC1=O. The summed E-state index contributed by atoms with van der Waals surface area (Å²) in [5.41, 5.74) is 0. The van der Waals surface area contributed by atoms with E-state index in [9.17, 15) is 9.59 Å². The molecule has 15 heavy (non-hydrogen) atoms. The van der Waals surface area contributed by atoms with Crippen LogP contribution in [0.15, 0.2) is 0 Å². The third-order valence-corrected chi connectivity index (χ3v) is 2.03. The van der Waals surface area contributed by atoms with Crippen LogP contribution >= 0.6 is 0 Å². The lowest BCUT2D eigenvalue weighted by atomic mass is 10.7. The second-order valence-corrected chi connectivity index (χ2v) is 3.19. The molecule has 6 heteroatoms. The molecule has 2 aliphatic heterocycles. The van der Waals surface area contributed by atoms with E-state index in [0.29, 0.717) is 6.61 Å². The highest BCUT2D eigenvalue weighted by molar-refractivity contribution is 5.75. The molecule has 0 aromatic heterocycles. The quantitative estimate of drug-likeness (QED) is 0.636. The van der Waals surface area contributed by atoms with Gasteiger partial charge in [0.2, 0.25) is 0 Å². The van der Waals surface area contributed by atoms with Crippen molar-refractivity contribution in [3.8, 4) is 0 Å². The number of hydrogen-bond donors (Lipinski definition) is 1. The number of rotatable bonds is 0. The third-order valence-electron chi connectivity index (χ3n) is 2.03. The van der Waals surface area contributed by atoms with Gasteiger partial charge in [-0.05, 0) is 0 Å². The van der Waals surface area contributed by atoms with E-state index in [-0.39, 0.29) is 19.6 Å². The lowest BCUT2D eigenvalue weighted by molar-refractivity contribution is 0.163. The van der Waals surface area contributed by atoms with E-state index < -0.39 is 0 Å². The zero-order valence-corrected chi connectivity index (χ0v) is 8.45. The van der Waals surface area contributed by atoms with Crippen LogP contribution in [0.4, 0.5) is 9.59 Å². The first-order chi connectivity index (χ1) is 6.61. The lowest BCUT2D eigenvalue weighted by Crippen LogP contribution is -2.23. The van der Waals surface area contributed by atoms with Crippen molar-refractivity contribution in [3.05, 3.63) is 0 Å². The number of hydrogen-bond acceptors (Lipinski definition) is 3. The largest absolute Gasteiger partial charge is 0.448 e. The molecule has 1 N–H and O–H groups in total. The van der Waals surface area contributed by atoms with Gasteiger partial charge in [-0.1, -0.05) is 7.43 Å². The summed E-state index contributed by atoms with van der Waals surface area (Å²) in [6.45, 7) is 2.93. The summed E-state index contributed by atoms with van der Waals surface area (Å²) in [7, 11) is 3.50. The van der Waals surface area contributed by atoms with E-state index in [1.54, 1.807) is 23.9 Å². The first-order valence-electron chi connectivity index (χ1n) is 4.48. The molecule has 0 radical (unpaired) electrons. The molecule has 0 aromatic rings. The molecule has 0 bridgehead atoms. The second kappa shape index (κ2) is 6.10. The summed E-state index contributed by atoms with van der Waals surface area (Å²) in [6.07, 6.45) is -0.208. The maximum atomic E-state index is 10.4. The maximum Gasteiger partial charge on any atom is 0.409 e. The number of nitrogens with zero attached hydrogens (tertiary/aromatic N) is 2. The molecular weight excluding hydrogens is 198 g/mol. The van der Waals surface area contributed by atoms with Gasteiger partial charge in [0.05, 0.1) is 6.54 Å². The number of amides is 3. The van der Waals surface area contributed by atoms with Gasteiger partial charge in [0.1, 0.15) is 6.61 Å². The Morgan fingerprint density at radius 1 is 1.20 bits per heavy atom. The minimum atomic E-state index is -0.208. The number of carbonyl (C=O) groups is 2. The first-order valence-corrected chi connectivity index (χ1v) is 4.48. The van der Waals surface area contributed by atoms with E-state index in [0.717, 1.165) is 19.6 Å². The van der Waals surface area contributed by atoms with Gasteiger partial charge in [0, 0.05) is 27.2 Å². The van der Waals surface area contributed by atoms with E-state index in [2.05, 4.69) is 10.1 Å². The zero-order valence-electron chi connectivity index (χ0n) is 8.45. The average molecular weight is 217 g/mol. The number of nitrogens with one attached hydrogen (secondary N) is 1. The van der Waals surface area contributed by atoms with Crippen LogP contribution in [0.1, 0.15) is 7.43 Å². The second-order valence-electron chi connectivity index (χ2n) is 3.19. The average Bonchev–Trinajstić information content (AvgIpc) is 2.67. The summed E-state index contributed by atoms with van der Waals surface area (Å²) in [5, 5.41) is 2.66. The molecule has 2 saturated heterocycles. The van der Waals surface area contributed by atoms with Gasteiger partial charge in [-0.2, -0.15) is 0 Å². The minimum Gasteiger partial charge on any atom is -0.448 e. The summed E-state index contributed by atoms with van der Waals surface area (Å²) in [6, 6.07) is 0.0417. The Bertz CT molecular complexity index is 209. The van der Waals surface area contributed by atoms with Gasteiger partial charge in [-0.25, -0.2) is 9.59 Å². The van der Waals surface area contributed by atoms with E-state index in [1.807, 2.05) is 0 Å². The van der Waals surface area contributed by atoms with Crippen molar-refractivity contribution in [3.63, 3.8) is 0 Å². The molecule has 0 unspecified atom stereocenters. The molecule has 0 aromatic carbocycles. The number of ether oxygens (including phenoxy) is 1. The Hall–Kier alpha value is -1.46. The van der Waals surface area contributed by atoms with E-state index >= 15 is 0 Å². The summed E-state index contributed by atoms with van der Waals surface area (Å²) < 4.78 is 4.55. The molecule has 3 amide bonds. The predicted molar refractivity (Wildman–Crippen MR) is 56.7 cm³/mol. The van der Waals surface area contributed by atoms with Gasteiger partial charge < -0.3 is 19.9 Å². The first kappa shape index (κ1) is 13.5. The summed E-state index contributed by atoms with van der Waals surface area (Å²) >= 11 is 0. The molecule has 2 aliphatic rings. The summed E-state index contributed by atoms with van der Waals surface area (Å²) in [5.74, 6) is 0. The van der Waals surface area contributed by atoms with Crippen LogP contribution in [0.2, 0.25) is 0 Å². The highest BCUT2D eigenvalue weighted by Gasteiger charge is 2.15. The highest BCUT2D eigenvalue weighted by atomic mass is 16.6. The predicted octanol–water partition coefficient (Wildman–Crippen LogP) is 0.346. The Morgan fingerprint density at radius 3 is 2.00 bits per heavy atom. The van der Waals surface area contributed by atoms with Crippen LogP contribution in [0.3, 0.4) is 0 Å². The third kappa shape index (κ3) is 4.05. The van der Waals surface area contributed by atoms with Gasteiger partial charge in [0.15, 0.2) is 0 Å². The van der Waals surface area contributed by atoms with Crippen molar-refractivity contribution in [1.82, 2.24) is 15.1 Å². The normalized spacial score (nSPS) is 18.8. The molecule has 0 saturated carbocycles. The van der Waals surface area contributed by atoms with Crippen molar-refractivity contribution in [1.29, 1.82) is 0 Å². The molecule has 2 fully saturated rings. The van der Waals surface area contributed by atoms with Crippen LogP contribution in [0, 0.1) is 0 Å².